The lowest BCUT2D eigenvalue weighted by atomic mass is 10.3. The average molecular weight is 366 g/mol. The largest absolute Gasteiger partial charge is 0.392 e. The number of β-amino-alcohol motifs (C(OH)–C–C–N with tert-alkyl or cyclic N) is 2. The van der Waals surface area contributed by atoms with Crippen molar-refractivity contribution in [3.63, 3.8) is 0 Å². The summed E-state index contributed by atoms with van der Waals surface area (Å²) in [5, 5.41) is 19.3. The van der Waals surface area contributed by atoms with Crippen LogP contribution in [0.1, 0.15) is 20.3 Å². The van der Waals surface area contributed by atoms with E-state index in [-0.39, 0.29) is 18.0 Å². The van der Waals surface area contributed by atoms with E-state index in [2.05, 4.69) is 20.6 Å². The number of aliphatic hydroxyl groups excluding tert-OH is 2. The van der Waals surface area contributed by atoms with Crippen molar-refractivity contribution in [1.29, 1.82) is 0 Å². The lowest BCUT2D eigenvalue weighted by Gasteiger charge is -2.27. The molecule has 0 bridgehead atoms. The maximum Gasteiger partial charge on any atom is 0.0746 e. The van der Waals surface area contributed by atoms with Gasteiger partial charge in [0.2, 0.25) is 0 Å². The lowest BCUT2D eigenvalue weighted by Crippen LogP contribution is -2.41. The number of hydrogen-bond donors (Lipinski definition) is 3. The van der Waals surface area contributed by atoms with Crippen molar-refractivity contribution in [2.24, 2.45) is 0 Å². The van der Waals surface area contributed by atoms with Crippen molar-refractivity contribution >= 4 is 15.7 Å². The van der Waals surface area contributed by atoms with Gasteiger partial charge in [-0.25, -0.2) is 4.21 Å². The molecule has 3 N–H and O–H groups in total. The molecular formula is C16H35N3O4S. The van der Waals surface area contributed by atoms with Gasteiger partial charge in [0, 0.05) is 58.1 Å². The van der Waals surface area contributed by atoms with Crippen molar-refractivity contribution in [1.82, 2.24) is 14.7 Å². The lowest BCUT2D eigenvalue weighted by molar-refractivity contribution is 0.102. The minimum Gasteiger partial charge on any atom is -0.392 e. The Labute approximate surface area is 147 Å². The first-order chi connectivity index (χ1) is 11.2. The fraction of sp³-hybridized carbons (Fsp3) is 0.938. The van der Waals surface area contributed by atoms with E-state index in [0.29, 0.717) is 19.5 Å². The summed E-state index contributed by atoms with van der Waals surface area (Å²) in [5.41, 5.74) is 0. The zero-order valence-corrected chi connectivity index (χ0v) is 16.0. The Balaban J connectivity index is 2.61. The summed E-state index contributed by atoms with van der Waals surface area (Å²) < 4.78 is 20.6. The molecule has 3 atom stereocenters. The van der Waals surface area contributed by atoms with Crippen LogP contribution in [0.25, 0.3) is 0 Å². The summed E-state index contributed by atoms with van der Waals surface area (Å²) in [6.45, 7) is 10.9. The molecule has 144 valence electrons. The average Bonchev–Trinajstić information content (AvgIpc) is 2.50. The molecule has 0 radical (unpaired) electrons. The van der Waals surface area contributed by atoms with Crippen molar-refractivity contribution in [2.75, 3.05) is 64.7 Å². The van der Waals surface area contributed by atoms with Gasteiger partial charge in [0.15, 0.2) is 0 Å². The SMILES string of the molecule is C=S(=O)(O)CCCN1CCN(C[C@H](C)O)CCN(C[C@H](C)O)CC1. The molecule has 24 heavy (non-hydrogen) atoms. The van der Waals surface area contributed by atoms with Crippen molar-refractivity contribution in [3.8, 4) is 0 Å². The molecule has 1 saturated heterocycles. The smallest absolute Gasteiger partial charge is 0.0746 e. The molecule has 7 nitrogen and oxygen atoms in total. The van der Waals surface area contributed by atoms with Crippen molar-refractivity contribution in [2.45, 2.75) is 32.5 Å². The highest BCUT2D eigenvalue weighted by atomic mass is 32.2. The molecule has 1 fully saturated rings. The molecule has 1 aliphatic heterocycles. The van der Waals surface area contributed by atoms with Gasteiger partial charge in [0.1, 0.15) is 0 Å². The second-order valence-corrected chi connectivity index (χ2v) is 8.92. The predicted octanol–water partition coefficient (Wildman–Crippen LogP) is -0.753. The van der Waals surface area contributed by atoms with E-state index < -0.39 is 9.80 Å². The summed E-state index contributed by atoms with van der Waals surface area (Å²) in [7, 11) is -2.92. The number of aliphatic hydroxyl groups is 2. The number of hydrogen-bond acceptors (Lipinski definition) is 6. The van der Waals surface area contributed by atoms with Gasteiger partial charge in [-0.15, -0.1) is 0 Å². The third-order valence-corrected chi connectivity index (χ3v) is 5.11. The molecule has 0 aromatic heterocycles. The molecule has 0 saturated carbocycles. The highest BCUT2D eigenvalue weighted by Gasteiger charge is 2.18. The van der Waals surface area contributed by atoms with E-state index in [1.54, 1.807) is 13.8 Å². The fourth-order valence-corrected chi connectivity index (χ4v) is 3.61. The molecule has 8 heteroatoms. The van der Waals surface area contributed by atoms with Gasteiger partial charge in [-0.2, -0.15) is 0 Å². The Morgan fingerprint density at radius 1 is 0.917 bits per heavy atom. The minimum atomic E-state index is -2.92. The molecule has 1 heterocycles. The molecule has 0 amide bonds. The first kappa shape index (κ1) is 21.8. The highest BCUT2D eigenvalue weighted by Crippen LogP contribution is 2.04. The monoisotopic (exact) mass is 365 g/mol. The Bertz CT molecular complexity index is 421. The van der Waals surface area contributed by atoms with Gasteiger partial charge < -0.3 is 19.7 Å². The van der Waals surface area contributed by atoms with Gasteiger partial charge >= 0.3 is 0 Å². The van der Waals surface area contributed by atoms with Gasteiger partial charge in [0.25, 0.3) is 0 Å². The fourth-order valence-electron chi connectivity index (χ4n) is 3.03. The number of nitrogens with zero attached hydrogens (tertiary/aromatic N) is 3. The van der Waals surface area contributed by atoms with E-state index in [1.165, 1.54) is 0 Å². The second kappa shape index (κ2) is 10.7. The van der Waals surface area contributed by atoms with Crippen LogP contribution in [-0.4, -0.2) is 116 Å². The van der Waals surface area contributed by atoms with Crippen LogP contribution in [0.5, 0.6) is 0 Å². The summed E-state index contributed by atoms with van der Waals surface area (Å²) in [6.07, 6.45) is -0.0876. The zero-order chi connectivity index (χ0) is 18.2. The first-order valence-electron chi connectivity index (χ1n) is 8.76. The molecule has 0 aromatic rings. The molecule has 1 aliphatic rings. The Hall–Kier alpha value is -0.220. The second-order valence-electron chi connectivity index (χ2n) is 6.97. The Morgan fingerprint density at radius 3 is 1.62 bits per heavy atom. The van der Waals surface area contributed by atoms with E-state index >= 15 is 0 Å². The van der Waals surface area contributed by atoms with Crippen LogP contribution in [0.3, 0.4) is 0 Å². The third kappa shape index (κ3) is 10.6. The molecule has 1 rings (SSSR count). The topological polar surface area (TPSA) is 87.5 Å². The van der Waals surface area contributed by atoms with E-state index in [4.69, 9.17) is 0 Å². The predicted molar refractivity (Wildman–Crippen MR) is 100 cm³/mol. The van der Waals surface area contributed by atoms with Crippen LogP contribution in [-0.2, 0) is 9.80 Å². The Morgan fingerprint density at radius 2 is 1.29 bits per heavy atom. The first-order valence-corrected chi connectivity index (χ1v) is 10.6. The maximum absolute atomic E-state index is 11.3. The molecule has 0 aliphatic carbocycles. The van der Waals surface area contributed by atoms with E-state index in [1.807, 2.05) is 0 Å². The van der Waals surface area contributed by atoms with Gasteiger partial charge in [-0.1, -0.05) is 0 Å². The minimum absolute atomic E-state index is 0.221. The summed E-state index contributed by atoms with van der Waals surface area (Å²) in [6, 6.07) is 0. The van der Waals surface area contributed by atoms with Gasteiger partial charge in [0.05, 0.1) is 22.0 Å². The van der Waals surface area contributed by atoms with Crippen molar-refractivity contribution < 1.29 is 19.0 Å². The third-order valence-electron chi connectivity index (χ3n) is 4.18. The maximum atomic E-state index is 11.3. The quantitative estimate of drug-likeness (QED) is 0.488. The summed E-state index contributed by atoms with van der Waals surface area (Å²) in [4.78, 5) is 6.78. The van der Waals surface area contributed by atoms with Crippen LogP contribution in [0.2, 0.25) is 0 Å². The van der Waals surface area contributed by atoms with Gasteiger partial charge in [-0.3, -0.25) is 9.80 Å². The number of rotatable bonds is 8. The molecule has 1 unspecified atom stereocenters. The van der Waals surface area contributed by atoms with Crippen molar-refractivity contribution in [3.05, 3.63) is 0 Å². The normalized spacial score (nSPS) is 24.5. The van der Waals surface area contributed by atoms with E-state index in [9.17, 15) is 19.0 Å². The zero-order valence-electron chi connectivity index (χ0n) is 15.1. The Kier molecular flexibility index (Phi) is 9.73. The summed E-state index contributed by atoms with van der Waals surface area (Å²) >= 11 is 0. The molecule has 0 spiro atoms. The summed E-state index contributed by atoms with van der Waals surface area (Å²) in [5.74, 6) is 3.50. The highest BCUT2D eigenvalue weighted by molar-refractivity contribution is 7.95. The van der Waals surface area contributed by atoms with Crippen LogP contribution < -0.4 is 0 Å². The van der Waals surface area contributed by atoms with Crippen LogP contribution in [0.4, 0.5) is 0 Å². The van der Waals surface area contributed by atoms with Crippen LogP contribution in [0, 0.1) is 0 Å². The van der Waals surface area contributed by atoms with Crippen LogP contribution >= 0.6 is 0 Å². The molecule has 0 aromatic carbocycles. The molecular weight excluding hydrogens is 330 g/mol. The van der Waals surface area contributed by atoms with Gasteiger partial charge in [-0.05, 0) is 32.7 Å². The standard InChI is InChI=1S/C16H35N3O4S/c1-15(20)13-18-8-6-17(5-4-12-24(3,22)23)7-9-19(11-10-18)14-16(2)21/h15-16,20-21H,3-14H2,1-2H3,(H,22,23)/t15-,16-/m0/s1. The van der Waals surface area contributed by atoms with E-state index in [0.717, 1.165) is 45.8 Å². The van der Waals surface area contributed by atoms with Crippen LogP contribution in [0.15, 0.2) is 0 Å².